The molecule has 84 valence electrons. The van der Waals surface area contributed by atoms with Gasteiger partial charge in [-0.15, -0.1) is 0 Å². The molecule has 4 heteroatoms. The predicted molar refractivity (Wildman–Crippen MR) is 63.6 cm³/mol. The molecule has 0 saturated heterocycles. The largest absolute Gasteiger partial charge is 0.394 e. The Morgan fingerprint density at radius 3 is 2.80 bits per heavy atom. The molecular formula is C11H20N4. The quantitative estimate of drug-likeness (QED) is 0.779. The van der Waals surface area contributed by atoms with E-state index >= 15 is 0 Å². The molecule has 15 heavy (non-hydrogen) atoms. The van der Waals surface area contributed by atoms with E-state index in [1.807, 2.05) is 0 Å². The minimum Gasteiger partial charge on any atom is -0.394 e. The molecule has 0 spiro atoms. The van der Waals surface area contributed by atoms with Crippen LogP contribution in [0.3, 0.4) is 0 Å². The predicted octanol–water partition coefficient (Wildman–Crippen LogP) is 2.30. The molecule has 0 aliphatic heterocycles. The van der Waals surface area contributed by atoms with E-state index in [0.29, 0.717) is 11.7 Å². The first kappa shape index (κ1) is 11.8. The van der Waals surface area contributed by atoms with Crippen LogP contribution in [0.5, 0.6) is 0 Å². The van der Waals surface area contributed by atoms with Crippen LogP contribution >= 0.6 is 0 Å². The summed E-state index contributed by atoms with van der Waals surface area (Å²) in [7, 11) is 0. The summed E-state index contributed by atoms with van der Waals surface area (Å²) in [6.45, 7) is 6.60. The van der Waals surface area contributed by atoms with Crippen molar-refractivity contribution in [3.8, 4) is 0 Å². The molecule has 2 atom stereocenters. The molecule has 3 N–H and O–H groups in total. The van der Waals surface area contributed by atoms with Crippen molar-refractivity contribution >= 4 is 11.5 Å². The summed E-state index contributed by atoms with van der Waals surface area (Å²) in [6.07, 6.45) is 5.45. The molecule has 0 aliphatic rings. The van der Waals surface area contributed by atoms with E-state index in [1.165, 1.54) is 12.7 Å². The standard InChI is InChI=1S/C11H20N4/c1-4-8(2)5-9(3)15-11-10(12)6-13-7-14-11/h6-9H,4-5,12H2,1-3H3,(H,13,14,15). The van der Waals surface area contributed by atoms with Gasteiger partial charge in [-0.25, -0.2) is 9.97 Å². The normalized spacial score (nSPS) is 14.6. The summed E-state index contributed by atoms with van der Waals surface area (Å²) < 4.78 is 0. The third kappa shape index (κ3) is 3.73. The van der Waals surface area contributed by atoms with Crippen molar-refractivity contribution in [2.24, 2.45) is 5.92 Å². The van der Waals surface area contributed by atoms with E-state index in [1.54, 1.807) is 6.20 Å². The fourth-order valence-electron chi connectivity index (χ4n) is 1.52. The van der Waals surface area contributed by atoms with E-state index in [0.717, 1.165) is 18.2 Å². The first-order valence-electron chi connectivity index (χ1n) is 5.45. The molecule has 1 rings (SSSR count). The van der Waals surface area contributed by atoms with Crippen LogP contribution in [0.4, 0.5) is 11.5 Å². The van der Waals surface area contributed by atoms with E-state index in [9.17, 15) is 0 Å². The lowest BCUT2D eigenvalue weighted by Gasteiger charge is -2.18. The van der Waals surface area contributed by atoms with Gasteiger partial charge in [0.05, 0.1) is 11.9 Å². The maximum atomic E-state index is 5.74. The third-order valence-corrected chi connectivity index (χ3v) is 2.58. The Labute approximate surface area is 91.3 Å². The summed E-state index contributed by atoms with van der Waals surface area (Å²) in [5.41, 5.74) is 6.35. The van der Waals surface area contributed by atoms with Crippen LogP contribution in [0.1, 0.15) is 33.6 Å². The Morgan fingerprint density at radius 2 is 2.20 bits per heavy atom. The smallest absolute Gasteiger partial charge is 0.152 e. The van der Waals surface area contributed by atoms with Crippen molar-refractivity contribution in [3.05, 3.63) is 12.5 Å². The Balaban J connectivity index is 2.51. The Hall–Kier alpha value is -1.32. The van der Waals surface area contributed by atoms with Gasteiger partial charge < -0.3 is 11.1 Å². The molecule has 1 heterocycles. The summed E-state index contributed by atoms with van der Waals surface area (Å²) in [6, 6.07) is 0.386. The maximum Gasteiger partial charge on any atom is 0.152 e. The van der Waals surface area contributed by atoms with Crippen LogP contribution in [0.15, 0.2) is 12.5 Å². The second-order valence-corrected chi connectivity index (χ2v) is 4.12. The number of hydrogen-bond acceptors (Lipinski definition) is 4. The van der Waals surface area contributed by atoms with Gasteiger partial charge in [-0.2, -0.15) is 0 Å². The number of nitrogen functional groups attached to an aromatic ring is 1. The fraction of sp³-hybridized carbons (Fsp3) is 0.636. The minimum absolute atomic E-state index is 0.386. The average Bonchev–Trinajstić information content (AvgIpc) is 2.21. The molecule has 1 aromatic heterocycles. The van der Waals surface area contributed by atoms with Gasteiger partial charge in [-0.05, 0) is 19.3 Å². The zero-order chi connectivity index (χ0) is 11.3. The molecular weight excluding hydrogens is 188 g/mol. The van der Waals surface area contributed by atoms with E-state index < -0.39 is 0 Å². The van der Waals surface area contributed by atoms with Gasteiger partial charge in [0.1, 0.15) is 6.33 Å². The number of anilines is 2. The molecule has 1 aromatic rings. The van der Waals surface area contributed by atoms with Crippen LogP contribution in [-0.4, -0.2) is 16.0 Å². The first-order chi connectivity index (χ1) is 7.13. The molecule has 0 amide bonds. The lowest BCUT2D eigenvalue weighted by molar-refractivity contribution is 0.483. The molecule has 2 unspecified atom stereocenters. The lowest BCUT2D eigenvalue weighted by atomic mass is 10.0. The zero-order valence-electron chi connectivity index (χ0n) is 9.70. The Morgan fingerprint density at radius 1 is 1.47 bits per heavy atom. The van der Waals surface area contributed by atoms with E-state index in [2.05, 4.69) is 36.1 Å². The Kier molecular flexibility index (Phi) is 4.34. The van der Waals surface area contributed by atoms with Crippen molar-refractivity contribution in [1.29, 1.82) is 0 Å². The third-order valence-electron chi connectivity index (χ3n) is 2.58. The van der Waals surface area contributed by atoms with Gasteiger partial charge in [0.25, 0.3) is 0 Å². The molecule has 0 fully saturated rings. The monoisotopic (exact) mass is 208 g/mol. The van der Waals surface area contributed by atoms with Gasteiger partial charge in [-0.1, -0.05) is 20.3 Å². The van der Waals surface area contributed by atoms with Gasteiger partial charge in [0.15, 0.2) is 5.82 Å². The number of nitrogens with zero attached hydrogens (tertiary/aromatic N) is 2. The number of aromatic nitrogens is 2. The second kappa shape index (κ2) is 5.53. The zero-order valence-corrected chi connectivity index (χ0v) is 9.70. The Bertz CT molecular complexity index is 300. The fourth-order valence-corrected chi connectivity index (χ4v) is 1.52. The van der Waals surface area contributed by atoms with Crippen molar-refractivity contribution < 1.29 is 0 Å². The molecule has 0 saturated carbocycles. The number of hydrogen-bond donors (Lipinski definition) is 2. The van der Waals surface area contributed by atoms with Crippen molar-refractivity contribution in [3.63, 3.8) is 0 Å². The summed E-state index contributed by atoms with van der Waals surface area (Å²) in [5.74, 6) is 1.45. The first-order valence-corrected chi connectivity index (χ1v) is 5.45. The topological polar surface area (TPSA) is 63.8 Å². The van der Waals surface area contributed by atoms with Gasteiger partial charge in [0, 0.05) is 6.04 Å². The van der Waals surface area contributed by atoms with Crippen molar-refractivity contribution in [2.45, 2.75) is 39.7 Å². The van der Waals surface area contributed by atoms with Gasteiger partial charge in [-0.3, -0.25) is 0 Å². The highest BCUT2D eigenvalue weighted by Crippen LogP contribution is 2.16. The van der Waals surface area contributed by atoms with Crippen LogP contribution in [0, 0.1) is 5.92 Å². The number of rotatable bonds is 5. The molecule has 0 aliphatic carbocycles. The van der Waals surface area contributed by atoms with Gasteiger partial charge in [0.2, 0.25) is 0 Å². The maximum absolute atomic E-state index is 5.74. The summed E-state index contributed by atoms with van der Waals surface area (Å²) in [4.78, 5) is 7.96. The van der Waals surface area contributed by atoms with E-state index in [4.69, 9.17) is 5.73 Å². The van der Waals surface area contributed by atoms with Crippen molar-refractivity contribution in [2.75, 3.05) is 11.1 Å². The highest BCUT2D eigenvalue weighted by Gasteiger charge is 2.08. The van der Waals surface area contributed by atoms with Crippen molar-refractivity contribution in [1.82, 2.24) is 9.97 Å². The second-order valence-electron chi connectivity index (χ2n) is 4.12. The molecule has 0 radical (unpaired) electrons. The highest BCUT2D eigenvalue weighted by atomic mass is 15.0. The minimum atomic E-state index is 0.386. The van der Waals surface area contributed by atoms with Crippen LogP contribution in [-0.2, 0) is 0 Å². The lowest BCUT2D eigenvalue weighted by Crippen LogP contribution is -2.19. The summed E-state index contributed by atoms with van der Waals surface area (Å²) in [5, 5.41) is 3.30. The van der Waals surface area contributed by atoms with Crippen LogP contribution < -0.4 is 11.1 Å². The average molecular weight is 208 g/mol. The highest BCUT2D eigenvalue weighted by molar-refractivity contribution is 5.59. The molecule has 4 nitrogen and oxygen atoms in total. The SMILES string of the molecule is CCC(C)CC(C)Nc1ncncc1N. The number of nitrogens with one attached hydrogen (secondary N) is 1. The van der Waals surface area contributed by atoms with E-state index in [-0.39, 0.29) is 0 Å². The van der Waals surface area contributed by atoms with Crippen LogP contribution in [0.25, 0.3) is 0 Å². The van der Waals surface area contributed by atoms with Gasteiger partial charge >= 0.3 is 0 Å². The number of nitrogens with two attached hydrogens (primary N) is 1. The summed E-state index contributed by atoms with van der Waals surface area (Å²) >= 11 is 0. The molecule has 0 aromatic carbocycles. The van der Waals surface area contributed by atoms with Crippen LogP contribution in [0.2, 0.25) is 0 Å². The molecule has 0 bridgehead atoms.